The topological polar surface area (TPSA) is 16.1 Å². The highest BCUT2D eigenvalue weighted by molar-refractivity contribution is 7.83. The molecule has 0 saturated carbocycles. The van der Waals surface area contributed by atoms with Gasteiger partial charge in [0.05, 0.1) is 0 Å². The van der Waals surface area contributed by atoms with Gasteiger partial charge in [-0.25, -0.2) is 0 Å². The molecule has 0 aliphatic carbocycles. The molecule has 15 heavy (non-hydrogen) atoms. The Bertz CT molecular complexity index is 521. The number of hydrogen-bond donors (Lipinski definition) is 1. The van der Waals surface area contributed by atoms with Gasteiger partial charge in [0.15, 0.2) is 5.76 Å². The van der Waals surface area contributed by atoms with Crippen molar-refractivity contribution in [2.45, 2.75) is 4.21 Å². The Balaban J connectivity index is 2.61. The van der Waals surface area contributed by atoms with E-state index in [4.69, 9.17) is 4.42 Å². The van der Waals surface area contributed by atoms with Gasteiger partial charge in [-0.3, -0.25) is 0 Å². The number of hydrogen-bond acceptors (Lipinski definition) is 3. The Labute approximate surface area is 97.9 Å². The highest BCUT2D eigenvalue weighted by Crippen LogP contribution is 2.27. The molecule has 0 fully saturated rings. The summed E-state index contributed by atoms with van der Waals surface area (Å²) in [5, 5.41) is 0. The maximum Gasteiger partial charge on any atom is 0.430 e. The molecular formula is C11H12NOS2+. The van der Waals surface area contributed by atoms with Crippen LogP contribution in [-0.2, 0) is 0 Å². The van der Waals surface area contributed by atoms with E-state index in [1.807, 2.05) is 49.0 Å². The summed E-state index contributed by atoms with van der Waals surface area (Å²) in [4.78, 5) is 0.860. The van der Waals surface area contributed by atoms with Crippen LogP contribution in [0, 0.1) is 0 Å². The minimum atomic E-state index is 0.840. The molecule has 0 aliphatic rings. The molecule has 78 valence electrons. The first-order valence-corrected chi connectivity index (χ1v) is 5.83. The van der Waals surface area contributed by atoms with E-state index in [-0.39, 0.29) is 0 Å². The predicted octanol–water partition coefficient (Wildman–Crippen LogP) is 2.33. The molecule has 1 aromatic carbocycles. The summed E-state index contributed by atoms with van der Waals surface area (Å²) in [6.07, 6.45) is 0. The second kappa shape index (κ2) is 4.24. The van der Waals surface area contributed by atoms with E-state index >= 15 is 0 Å². The van der Waals surface area contributed by atoms with E-state index in [2.05, 4.69) is 12.6 Å². The van der Waals surface area contributed by atoms with E-state index in [0.29, 0.717) is 0 Å². The van der Waals surface area contributed by atoms with Gasteiger partial charge in [-0.2, -0.15) is 4.58 Å². The van der Waals surface area contributed by atoms with Crippen LogP contribution in [-0.4, -0.2) is 14.1 Å². The maximum atomic E-state index is 5.73. The Kier molecular flexibility index (Phi) is 2.98. The summed E-state index contributed by atoms with van der Waals surface area (Å²) in [5.41, 5.74) is 1.06. The van der Waals surface area contributed by atoms with Gasteiger partial charge in [0.2, 0.25) is 0 Å². The van der Waals surface area contributed by atoms with Gasteiger partial charge < -0.3 is 4.42 Å². The van der Waals surface area contributed by atoms with Crippen LogP contribution in [0.25, 0.3) is 11.3 Å². The lowest BCUT2D eigenvalue weighted by molar-refractivity contribution is 0.491. The first kappa shape index (κ1) is 10.5. The van der Waals surface area contributed by atoms with Gasteiger partial charge in [-0.05, 0) is 11.3 Å². The number of benzene rings is 1. The predicted molar refractivity (Wildman–Crippen MR) is 66.4 cm³/mol. The summed E-state index contributed by atoms with van der Waals surface area (Å²) < 4.78 is 8.58. The molecule has 2 nitrogen and oxygen atoms in total. The van der Waals surface area contributed by atoms with Crippen LogP contribution in [0.2, 0.25) is 0 Å². The third-order valence-electron chi connectivity index (χ3n) is 1.97. The van der Waals surface area contributed by atoms with Crippen molar-refractivity contribution < 1.29 is 4.42 Å². The molecule has 0 aliphatic heterocycles. The molecule has 0 bridgehead atoms. The lowest BCUT2D eigenvalue weighted by Crippen LogP contribution is -2.16. The summed E-state index contributed by atoms with van der Waals surface area (Å²) >= 11 is 5.96. The minimum absolute atomic E-state index is 0.840. The Morgan fingerprint density at radius 3 is 2.40 bits per heavy atom. The first-order valence-electron chi connectivity index (χ1n) is 4.57. The van der Waals surface area contributed by atoms with Crippen molar-refractivity contribution in [1.82, 2.24) is 4.58 Å². The minimum Gasteiger partial charge on any atom is -0.394 e. The van der Waals surface area contributed by atoms with Crippen molar-refractivity contribution in [3.8, 4) is 11.3 Å². The molecule has 2 aromatic rings. The number of nitrogens with zero attached hydrogens (tertiary/aromatic N) is 1. The average Bonchev–Trinajstić information content (AvgIpc) is 2.62. The molecular weight excluding hydrogens is 226 g/mol. The van der Waals surface area contributed by atoms with E-state index in [1.54, 1.807) is 11.3 Å². The fraction of sp³-hybridized carbons (Fsp3) is 0.182. The highest BCUT2D eigenvalue weighted by atomic mass is 32.2. The smallest absolute Gasteiger partial charge is 0.394 e. The van der Waals surface area contributed by atoms with Crippen LogP contribution in [0.5, 0.6) is 0 Å². The van der Waals surface area contributed by atoms with E-state index in [1.165, 1.54) is 0 Å². The molecule has 0 atom stereocenters. The maximum absolute atomic E-state index is 5.73. The van der Waals surface area contributed by atoms with Crippen LogP contribution < -0.4 is 9.44 Å². The lowest BCUT2D eigenvalue weighted by Gasteiger charge is -1.94. The van der Waals surface area contributed by atoms with Crippen LogP contribution >= 0.6 is 24.0 Å². The molecule has 0 amide bonds. The fourth-order valence-electron chi connectivity index (χ4n) is 1.24. The fourth-order valence-corrected chi connectivity index (χ4v) is 2.37. The van der Waals surface area contributed by atoms with Gasteiger partial charge in [-0.15, -0.1) is 12.6 Å². The van der Waals surface area contributed by atoms with Crippen molar-refractivity contribution in [1.29, 1.82) is 0 Å². The lowest BCUT2D eigenvalue weighted by atomic mass is 10.2. The van der Waals surface area contributed by atoms with E-state index in [9.17, 15) is 0 Å². The number of rotatable bonds is 1. The molecule has 0 spiro atoms. The Morgan fingerprint density at radius 1 is 1.20 bits per heavy atom. The van der Waals surface area contributed by atoms with Gasteiger partial charge in [0, 0.05) is 5.56 Å². The normalized spacial score (nSPS) is 10.3. The van der Waals surface area contributed by atoms with E-state index < -0.39 is 0 Å². The molecule has 0 saturated heterocycles. The second-order valence-electron chi connectivity index (χ2n) is 3.36. The van der Waals surface area contributed by atoms with Crippen molar-refractivity contribution in [3.05, 3.63) is 35.2 Å². The molecule has 0 radical (unpaired) electrons. The first-order chi connectivity index (χ1) is 7.18. The monoisotopic (exact) mass is 238 g/mol. The van der Waals surface area contributed by atoms with Gasteiger partial charge in [0.25, 0.3) is 0 Å². The van der Waals surface area contributed by atoms with Crippen LogP contribution in [0.1, 0.15) is 0 Å². The van der Waals surface area contributed by atoms with Crippen molar-refractivity contribution in [2.75, 3.05) is 14.1 Å². The highest BCUT2D eigenvalue weighted by Gasteiger charge is 2.11. The zero-order valence-corrected chi connectivity index (χ0v) is 10.3. The van der Waals surface area contributed by atoms with Gasteiger partial charge in [0.1, 0.15) is 18.3 Å². The molecule has 2 rings (SSSR count). The van der Waals surface area contributed by atoms with Gasteiger partial charge in [-0.1, -0.05) is 30.3 Å². The third-order valence-corrected chi connectivity index (χ3v) is 3.45. The van der Waals surface area contributed by atoms with Gasteiger partial charge >= 0.3 is 4.87 Å². The molecule has 0 N–H and O–H groups in total. The zero-order valence-electron chi connectivity index (χ0n) is 8.60. The van der Waals surface area contributed by atoms with Crippen LogP contribution in [0.4, 0.5) is 0 Å². The Hall–Kier alpha value is -1.000. The van der Waals surface area contributed by atoms with Crippen LogP contribution in [0.15, 0.2) is 39.0 Å². The SMILES string of the molecule is C[N+](C)=c1oc(-c2ccccc2)c(S)s1. The van der Waals surface area contributed by atoms with Crippen molar-refractivity contribution in [2.24, 2.45) is 0 Å². The molecule has 0 unspecified atom stereocenters. The second-order valence-corrected chi connectivity index (χ2v) is 5.08. The van der Waals surface area contributed by atoms with E-state index in [0.717, 1.165) is 20.4 Å². The zero-order chi connectivity index (χ0) is 10.8. The summed E-state index contributed by atoms with van der Waals surface area (Å²) in [5.74, 6) is 0.840. The number of thiol groups is 1. The molecule has 1 aromatic heterocycles. The molecule has 4 heteroatoms. The third kappa shape index (κ3) is 2.16. The average molecular weight is 238 g/mol. The Morgan fingerprint density at radius 2 is 1.87 bits per heavy atom. The quantitative estimate of drug-likeness (QED) is 0.596. The van der Waals surface area contributed by atoms with Crippen molar-refractivity contribution >= 4 is 24.0 Å². The largest absolute Gasteiger partial charge is 0.430 e. The molecule has 1 heterocycles. The van der Waals surface area contributed by atoms with Crippen LogP contribution in [0.3, 0.4) is 0 Å². The summed E-state index contributed by atoms with van der Waals surface area (Å²) in [7, 11) is 3.91. The summed E-state index contributed by atoms with van der Waals surface area (Å²) in [6, 6.07) is 10.0. The standard InChI is InChI=1S/C11H11NOS2/c1-12(2)11-13-9(10(14)15-11)8-6-4-3-5-7-8/h3-7H,1-2H3/p+1. The summed E-state index contributed by atoms with van der Waals surface area (Å²) in [6.45, 7) is 0. The van der Waals surface area contributed by atoms with Crippen molar-refractivity contribution in [3.63, 3.8) is 0 Å².